The monoisotopic (exact) mass is 453 g/mol. The van der Waals surface area contributed by atoms with Crippen molar-refractivity contribution in [3.05, 3.63) is 40.6 Å². The third kappa shape index (κ3) is 6.56. The van der Waals surface area contributed by atoms with E-state index in [2.05, 4.69) is 44.3 Å². The zero-order valence-corrected chi connectivity index (χ0v) is 22.1. The van der Waals surface area contributed by atoms with E-state index in [-0.39, 0.29) is 11.6 Å². The lowest BCUT2D eigenvalue weighted by molar-refractivity contribution is 0.272. The molecule has 0 bridgehead atoms. The molecule has 0 heterocycles. The molecule has 0 saturated carbocycles. The highest BCUT2D eigenvalue weighted by molar-refractivity contribution is 7.89. The Labute approximate surface area is 184 Å². The molecule has 0 aliphatic rings. The fourth-order valence-electron chi connectivity index (χ4n) is 2.84. The summed E-state index contributed by atoms with van der Waals surface area (Å²) in [6.07, 6.45) is 4.45. The molecule has 0 unspecified atom stereocenters. The number of sulfonamides is 1. The lowest BCUT2D eigenvalue weighted by Gasteiger charge is -2.37. The van der Waals surface area contributed by atoms with Crippen LogP contribution in [0.2, 0.25) is 18.1 Å². The average molecular weight is 454 g/mol. The van der Waals surface area contributed by atoms with Crippen LogP contribution in [0.1, 0.15) is 50.8 Å². The van der Waals surface area contributed by atoms with Gasteiger partial charge in [0, 0.05) is 0 Å². The second-order valence-corrected chi connectivity index (χ2v) is 15.7. The van der Waals surface area contributed by atoms with E-state index in [1.165, 1.54) is 0 Å². The fraction of sp³-hybridized carbons (Fsp3) is 0.609. The van der Waals surface area contributed by atoms with E-state index in [0.717, 1.165) is 12.0 Å². The van der Waals surface area contributed by atoms with Crippen molar-refractivity contribution < 1.29 is 17.6 Å². The van der Waals surface area contributed by atoms with E-state index in [4.69, 9.17) is 9.16 Å². The van der Waals surface area contributed by atoms with Crippen molar-refractivity contribution in [3.63, 3.8) is 0 Å². The Bertz CT molecular complexity index is 908. The molecule has 0 fully saturated rings. The summed E-state index contributed by atoms with van der Waals surface area (Å²) in [5.41, 5.74) is 5.24. The molecule has 0 spiro atoms. The molecular formula is C23H39NO4SSi. The standard InChI is InChI=1S/C23H39NO4SSi/c1-11-12-13-14-20(16-28-30(9,10)23(5,6)7)24-29(25,26)22-17(2)15-21(27-8)18(3)19(22)4/h12,14-15,20,24H,11,16H2,1-10H3/t13?,20-/m1/s1. The van der Waals surface area contributed by atoms with Crippen LogP contribution < -0.4 is 9.46 Å². The minimum Gasteiger partial charge on any atom is -0.496 e. The molecule has 0 radical (unpaired) electrons. The Hall–Kier alpha value is -1.37. The minimum absolute atomic E-state index is 0.0413. The first kappa shape index (κ1) is 26.7. The van der Waals surface area contributed by atoms with Crippen molar-refractivity contribution in [1.29, 1.82) is 0 Å². The molecule has 1 aromatic rings. The van der Waals surface area contributed by atoms with E-state index in [1.54, 1.807) is 26.2 Å². The molecule has 1 aromatic carbocycles. The van der Waals surface area contributed by atoms with Crippen LogP contribution in [0.15, 0.2) is 28.8 Å². The quantitative estimate of drug-likeness (QED) is 0.401. The molecule has 30 heavy (non-hydrogen) atoms. The van der Waals surface area contributed by atoms with Crippen LogP contribution in [0.4, 0.5) is 0 Å². The molecule has 0 aliphatic heterocycles. The van der Waals surface area contributed by atoms with Gasteiger partial charge in [0.1, 0.15) is 5.75 Å². The van der Waals surface area contributed by atoms with Crippen LogP contribution in [-0.2, 0) is 14.4 Å². The number of methoxy groups -OCH3 is 1. The maximum atomic E-state index is 13.3. The first-order valence-electron chi connectivity index (χ1n) is 10.4. The molecule has 0 saturated heterocycles. The largest absolute Gasteiger partial charge is 0.496 e. The Kier molecular flexibility index (Phi) is 9.15. The van der Waals surface area contributed by atoms with E-state index in [0.29, 0.717) is 21.8 Å². The third-order valence-electron chi connectivity index (χ3n) is 5.82. The topological polar surface area (TPSA) is 64.6 Å². The zero-order chi connectivity index (χ0) is 23.3. The van der Waals surface area contributed by atoms with Crippen molar-refractivity contribution in [3.8, 4) is 5.75 Å². The van der Waals surface area contributed by atoms with Crippen LogP contribution in [0.3, 0.4) is 0 Å². The van der Waals surface area contributed by atoms with E-state index < -0.39 is 24.4 Å². The normalized spacial score (nSPS) is 13.5. The Balaban J connectivity index is 3.29. The summed E-state index contributed by atoms with van der Waals surface area (Å²) in [6.45, 7) is 18.6. The fourth-order valence-corrected chi connectivity index (χ4v) is 5.56. The molecule has 5 nitrogen and oxygen atoms in total. The lowest BCUT2D eigenvalue weighted by atomic mass is 10.1. The molecule has 1 N–H and O–H groups in total. The van der Waals surface area contributed by atoms with Gasteiger partial charge in [0.25, 0.3) is 0 Å². The smallest absolute Gasteiger partial charge is 0.241 e. The maximum absolute atomic E-state index is 13.3. The van der Waals surface area contributed by atoms with Gasteiger partial charge in [-0.15, -0.1) is 5.73 Å². The highest BCUT2D eigenvalue weighted by atomic mass is 32.2. The van der Waals surface area contributed by atoms with Crippen LogP contribution in [-0.4, -0.2) is 36.5 Å². The van der Waals surface area contributed by atoms with Crippen molar-refractivity contribution in [1.82, 2.24) is 4.72 Å². The summed E-state index contributed by atoms with van der Waals surface area (Å²) < 4.78 is 41.2. The van der Waals surface area contributed by atoms with E-state index >= 15 is 0 Å². The maximum Gasteiger partial charge on any atom is 0.241 e. The minimum atomic E-state index is -3.76. The summed E-state index contributed by atoms with van der Waals surface area (Å²) in [7, 11) is -4.20. The van der Waals surface area contributed by atoms with Crippen LogP contribution in [0, 0.1) is 20.8 Å². The second-order valence-electron chi connectivity index (χ2n) is 9.22. The second kappa shape index (κ2) is 10.3. The van der Waals surface area contributed by atoms with Crippen molar-refractivity contribution >= 4 is 18.3 Å². The van der Waals surface area contributed by atoms with Gasteiger partial charge in [-0.05, 0) is 80.2 Å². The number of aryl methyl sites for hydroxylation is 1. The third-order valence-corrected chi connectivity index (χ3v) is 12.1. The van der Waals surface area contributed by atoms with Crippen LogP contribution in [0.5, 0.6) is 5.75 Å². The molecule has 1 rings (SSSR count). The number of nitrogens with one attached hydrogen (secondary N) is 1. The first-order chi connectivity index (χ1) is 13.7. The SMILES string of the molecule is CCC=C=C[C@H](CO[Si](C)(C)C(C)(C)C)NS(=O)(=O)c1c(C)cc(OC)c(C)c1C. The number of hydrogen-bond donors (Lipinski definition) is 1. The van der Waals surface area contributed by atoms with Gasteiger partial charge in [-0.1, -0.05) is 27.7 Å². The Morgan fingerprint density at radius 3 is 2.30 bits per heavy atom. The lowest BCUT2D eigenvalue weighted by Crippen LogP contribution is -2.45. The average Bonchev–Trinajstić information content (AvgIpc) is 2.61. The predicted molar refractivity (Wildman–Crippen MR) is 127 cm³/mol. The molecule has 170 valence electrons. The number of rotatable bonds is 9. The zero-order valence-electron chi connectivity index (χ0n) is 20.3. The summed E-state index contributed by atoms with van der Waals surface area (Å²) >= 11 is 0. The molecule has 0 amide bonds. The summed E-state index contributed by atoms with van der Waals surface area (Å²) in [6, 6.07) is 1.26. The first-order valence-corrected chi connectivity index (χ1v) is 14.8. The number of hydrogen-bond acceptors (Lipinski definition) is 4. The van der Waals surface area contributed by atoms with Gasteiger partial charge in [0.05, 0.1) is 24.7 Å². The Morgan fingerprint density at radius 1 is 1.20 bits per heavy atom. The van der Waals surface area contributed by atoms with E-state index in [1.807, 2.05) is 26.8 Å². The van der Waals surface area contributed by atoms with Gasteiger partial charge in [0.2, 0.25) is 10.0 Å². The van der Waals surface area contributed by atoms with Gasteiger partial charge < -0.3 is 9.16 Å². The summed E-state index contributed by atoms with van der Waals surface area (Å²) in [5, 5.41) is 0.0413. The van der Waals surface area contributed by atoms with Crippen molar-refractivity contribution in [2.45, 2.75) is 84.0 Å². The molecule has 7 heteroatoms. The number of benzene rings is 1. The Morgan fingerprint density at radius 2 is 1.80 bits per heavy atom. The predicted octanol–water partition coefficient (Wildman–Crippen LogP) is 5.41. The summed E-state index contributed by atoms with van der Waals surface area (Å²) in [5.74, 6) is 0.688. The van der Waals surface area contributed by atoms with Gasteiger partial charge in [0.15, 0.2) is 8.32 Å². The van der Waals surface area contributed by atoms with Gasteiger partial charge >= 0.3 is 0 Å². The number of ether oxygens (including phenoxy) is 1. The molecular weight excluding hydrogens is 414 g/mol. The van der Waals surface area contributed by atoms with Crippen molar-refractivity contribution in [2.75, 3.05) is 13.7 Å². The van der Waals surface area contributed by atoms with Gasteiger partial charge in [-0.25, -0.2) is 13.1 Å². The van der Waals surface area contributed by atoms with Gasteiger partial charge in [-0.3, -0.25) is 0 Å². The van der Waals surface area contributed by atoms with E-state index in [9.17, 15) is 8.42 Å². The van der Waals surface area contributed by atoms with Crippen LogP contribution in [0.25, 0.3) is 0 Å². The van der Waals surface area contributed by atoms with Gasteiger partial charge in [-0.2, -0.15) is 0 Å². The summed E-state index contributed by atoms with van der Waals surface area (Å²) in [4.78, 5) is 0.297. The highest BCUT2D eigenvalue weighted by Gasteiger charge is 2.38. The molecule has 0 aliphatic carbocycles. The van der Waals surface area contributed by atoms with Crippen LogP contribution >= 0.6 is 0 Å². The van der Waals surface area contributed by atoms with Crippen molar-refractivity contribution in [2.24, 2.45) is 0 Å². The molecule has 1 atom stereocenters. The molecule has 0 aromatic heterocycles. The highest BCUT2D eigenvalue weighted by Crippen LogP contribution is 2.36.